The van der Waals surface area contributed by atoms with Gasteiger partial charge in [0.2, 0.25) is 0 Å². The number of thiocarbonyl (C=S) groups is 1. The summed E-state index contributed by atoms with van der Waals surface area (Å²) in [6.07, 6.45) is 3.96. The number of nitrogens with zero attached hydrogens (tertiary/aromatic N) is 4. The summed E-state index contributed by atoms with van der Waals surface area (Å²) in [5.41, 5.74) is 5.65. The number of nitriles is 1. The van der Waals surface area contributed by atoms with Crippen LogP contribution in [0.3, 0.4) is 0 Å². The molecule has 0 aliphatic carbocycles. The third-order valence-electron chi connectivity index (χ3n) is 5.90. The van der Waals surface area contributed by atoms with Crippen molar-refractivity contribution in [1.82, 2.24) is 30.5 Å². The SMILES string of the molecule is CCn1c(=O)/c(=C\Nc2ccc(C(=O)NCCN3CCCC3)cc2)s/c1=C(/C#N)C(=O)NNC(=S)N(C)C. The first-order valence-corrected chi connectivity index (χ1v) is 13.5. The molecule has 0 spiro atoms. The third kappa shape index (κ3) is 7.41. The number of hydrazine groups is 1. The molecule has 4 N–H and O–H groups in total. The van der Waals surface area contributed by atoms with Gasteiger partial charge in [-0.1, -0.05) is 0 Å². The molecule has 38 heavy (non-hydrogen) atoms. The first-order valence-electron chi connectivity index (χ1n) is 12.2. The number of amides is 2. The fraction of sp³-hybridized carbons (Fsp3) is 0.400. The van der Waals surface area contributed by atoms with Crippen molar-refractivity contribution < 1.29 is 9.59 Å². The number of anilines is 1. The Morgan fingerprint density at radius 3 is 2.47 bits per heavy atom. The van der Waals surface area contributed by atoms with Crippen LogP contribution in [0.5, 0.6) is 0 Å². The summed E-state index contributed by atoms with van der Waals surface area (Å²) in [5, 5.41) is 15.9. The zero-order valence-electron chi connectivity index (χ0n) is 21.7. The maximum Gasteiger partial charge on any atom is 0.283 e. The highest BCUT2D eigenvalue weighted by atomic mass is 32.1. The van der Waals surface area contributed by atoms with Gasteiger partial charge in [0.25, 0.3) is 17.4 Å². The summed E-state index contributed by atoms with van der Waals surface area (Å²) >= 11 is 6.10. The lowest BCUT2D eigenvalue weighted by atomic mass is 10.2. The first kappa shape index (κ1) is 28.8. The standard InChI is InChI=1S/C25H32N8O3S2/c1-4-33-23(36)20(38-24(33)19(15-26)22(35)29-30-25(37)31(2)3)16-28-18-9-7-17(8-10-18)21(34)27-11-14-32-12-5-6-13-32/h7-10,16,28H,4-6,11-14H2,1-3H3,(H,27,34)(H,29,35)(H,30,37)/b20-16+,24-19-. The largest absolute Gasteiger partial charge is 0.360 e. The van der Waals surface area contributed by atoms with Crippen LogP contribution in [0.25, 0.3) is 11.8 Å². The van der Waals surface area contributed by atoms with Crippen molar-refractivity contribution in [2.24, 2.45) is 0 Å². The Kier molecular flexibility index (Phi) is 10.4. The molecular formula is C25H32N8O3S2. The predicted molar refractivity (Wildman–Crippen MR) is 153 cm³/mol. The second-order valence-corrected chi connectivity index (χ2v) is 10.2. The molecule has 1 aromatic heterocycles. The predicted octanol–water partition coefficient (Wildman–Crippen LogP) is -0.253. The van der Waals surface area contributed by atoms with Gasteiger partial charge in [0, 0.05) is 51.2 Å². The Morgan fingerprint density at radius 1 is 1.18 bits per heavy atom. The molecule has 0 unspecified atom stereocenters. The van der Waals surface area contributed by atoms with E-state index in [0.717, 1.165) is 31.0 Å². The van der Waals surface area contributed by atoms with E-state index in [2.05, 4.69) is 26.4 Å². The van der Waals surface area contributed by atoms with Crippen LogP contribution < -0.4 is 36.2 Å². The Balaban J connectivity index is 1.72. The van der Waals surface area contributed by atoms with Crippen molar-refractivity contribution >= 4 is 57.9 Å². The maximum atomic E-state index is 12.9. The molecule has 202 valence electrons. The molecule has 0 radical (unpaired) electrons. The Morgan fingerprint density at radius 2 is 1.87 bits per heavy atom. The molecule has 1 aliphatic rings. The van der Waals surface area contributed by atoms with E-state index in [1.807, 2.05) is 6.07 Å². The van der Waals surface area contributed by atoms with Gasteiger partial charge in [-0.05, 0) is 69.3 Å². The van der Waals surface area contributed by atoms with Crippen molar-refractivity contribution in [2.75, 3.05) is 45.6 Å². The van der Waals surface area contributed by atoms with Crippen molar-refractivity contribution in [3.05, 3.63) is 49.4 Å². The fourth-order valence-corrected chi connectivity index (χ4v) is 4.91. The molecule has 2 heterocycles. The number of benzene rings is 1. The molecule has 0 atom stereocenters. The molecule has 13 heteroatoms. The molecule has 0 bridgehead atoms. The first-order chi connectivity index (χ1) is 18.2. The number of rotatable bonds is 8. The number of thiazole rings is 1. The number of hydrogen-bond donors (Lipinski definition) is 4. The van der Waals surface area contributed by atoms with Crippen LogP contribution in [0, 0.1) is 11.3 Å². The van der Waals surface area contributed by atoms with Crippen molar-refractivity contribution in [3.8, 4) is 6.07 Å². The summed E-state index contributed by atoms with van der Waals surface area (Å²) in [6.45, 7) is 5.68. The second-order valence-electron chi connectivity index (χ2n) is 8.76. The van der Waals surface area contributed by atoms with Gasteiger partial charge in [0.1, 0.15) is 15.3 Å². The molecule has 2 amide bonds. The lowest BCUT2D eigenvalue weighted by molar-refractivity contribution is -0.116. The molecule has 2 aromatic rings. The smallest absolute Gasteiger partial charge is 0.283 e. The average Bonchev–Trinajstić information content (AvgIpc) is 3.54. The van der Waals surface area contributed by atoms with E-state index in [1.54, 1.807) is 50.2 Å². The topological polar surface area (TPSA) is 135 Å². The van der Waals surface area contributed by atoms with Gasteiger partial charge in [-0.25, -0.2) is 0 Å². The molecule has 1 fully saturated rings. The molecule has 3 rings (SSSR count). The van der Waals surface area contributed by atoms with Crippen LogP contribution in [0.4, 0.5) is 5.69 Å². The summed E-state index contributed by atoms with van der Waals surface area (Å²) in [7, 11) is 3.41. The van der Waals surface area contributed by atoms with E-state index < -0.39 is 5.91 Å². The Hall–Kier alpha value is -3.73. The van der Waals surface area contributed by atoms with Gasteiger partial charge in [-0.15, -0.1) is 11.3 Å². The average molecular weight is 557 g/mol. The second kappa shape index (κ2) is 13.7. The zero-order chi connectivity index (χ0) is 27.7. The summed E-state index contributed by atoms with van der Waals surface area (Å²) in [4.78, 5) is 41.9. The molecule has 1 aromatic carbocycles. The molecular weight excluding hydrogens is 524 g/mol. The van der Waals surface area contributed by atoms with Crippen molar-refractivity contribution in [1.29, 1.82) is 5.26 Å². The summed E-state index contributed by atoms with van der Waals surface area (Å²) in [6, 6.07) is 8.81. The van der Waals surface area contributed by atoms with E-state index >= 15 is 0 Å². The van der Waals surface area contributed by atoms with E-state index in [9.17, 15) is 19.6 Å². The number of carbonyl (C=O) groups excluding carboxylic acids is 2. The van der Waals surface area contributed by atoms with Crippen LogP contribution in [-0.2, 0) is 11.3 Å². The highest BCUT2D eigenvalue weighted by Gasteiger charge is 2.16. The molecule has 11 nitrogen and oxygen atoms in total. The van der Waals surface area contributed by atoms with E-state index in [4.69, 9.17) is 12.2 Å². The van der Waals surface area contributed by atoms with Crippen LogP contribution in [0.1, 0.15) is 30.1 Å². The number of likely N-dealkylation sites (tertiary alicyclic amines) is 1. The number of nitrogens with one attached hydrogen (secondary N) is 4. The molecule has 1 aliphatic heterocycles. The minimum Gasteiger partial charge on any atom is -0.360 e. The van der Waals surface area contributed by atoms with E-state index in [0.29, 0.717) is 22.3 Å². The van der Waals surface area contributed by atoms with Crippen LogP contribution in [-0.4, -0.2) is 71.6 Å². The van der Waals surface area contributed by atoms with E-state index in [1.165, 1.54) is 23.6 Å². The summed E-state index contributed by atoms with van der Waals surface area (Å²) < 4.78 is 1.93. The van der Waals surface area contributed by atoms with Gasteiger partial charge in [0.15, 0.2) is 10.7 Å². The Bertz CT molecular complexity index is 1380. The fourth-order valence-electron chi connectivity index (χ4n) is 3.78. The van der Waals surface area contributed by atoms with Gasteiger partial charge in [0.05, 0.1) is 0 Å². The quantitative estimate of drug-likeness (QED) is 0.256. The van der Waals surface area contributed by atoms with Crippen LogP contribution in [0.15, 0.2) is 29.1 Å². The maximum absolute atomic E-state index is 12.9. The number of hydrogen-bond acceptors (Lipinski definition) is 8. The van der Waals surface area contributed by atoms with Gasteiger partial charge >= 0.3 is 0 Å². The normalized spacial score (nSPS) is 14.4. The van der Waals surface area contributed by atoms with Gasteiger partial charge in [-0.2, -0.15) is 5.26 Å². The zero-order valence-corrected chi connectivity index (χ0v) is 23.3. The lowest BCUT2D eigenvalue weighted by Crippen LogP contribution is -2.47. The summed E-state index contributed by atoms with van der Waals surface area (Å²) in [5.74, 6) is -0.832. The molecule has 1 saturated heterocycles. The van der Waals surface area contributed by atoms with E-state index in [-0.39, 0.29) is 33.4 Å². The van der Waals surface area contributed by atoms with Gasteiger partial charge < -0.3 is 20.4 Å². The highest BCUT2D eigenvalue weighted by Crippen LogP contribution is 2.10. The minimum absolute atomic E-state index is 0.132. The van der Waals surface area contributed by atoms with Crippen LogP contribution in [0.2, 0.25) is 0 Å². The highest BCUT2D eigenvalue weighted by molar-refractivity contribution is 7.80. The minimum atomic E-state index is -0.700. The number of aromatic nitrogens is 1. The molecule has 0 saturated carbocycles. The van der Waals surface area contributed by atoms with Crippen molar-refractivity contribution in [2.45, 2.75) is 26.3 Å². The lowest BCUT2D eigenvalue weighted by Gasteiger charge is -2.15. The van der Waals surface area contributed by atoms with Gasteiger partial charge in [-0.3, -0.25) is 29.8 Å². The monoisotopic (exact) mass is 556 g/mol. The third-order valence-corrected chi connectivity index (χ3v) is 7.49. The number of carbonyl (C=O) groups is 2. The Labute approximate surface area is 230 Å². The van der Waals surface area contributed by atoms with Crippen LogP contribution >= 0.6 is 23.6 Å². The van der Waals surface area contributed by atoms with Crippen molar-refractivity contribution in [3.63, 3.8) is 0 Å².